The molecular formula is C25H29GeN. The van der Waals surface area contributed by atoms with E-state index in [1.165, 1.54) is 42.4 Å². The summed E-state index contributed by atoms with van der Waals surface area (Å²) < 4.78 is 1.65. The van der Waals surface area contributed by atoms with Crippen LogP contribution in [0.25, 0.3) is 22.4 Å². The van der Waals surface area contributed by atoms with Gasteiger partial charge in [-0.05, 0) is 0 Å². The second-order valence-corrected chi connectivity index (χ2v) is 19.4. The van der Waals surface area contributed by atoms with Crippen LogP contribution in [0.4, 0.5) is 0 Å². The van der Waals surface area contributed by atoms with Crippen LogP contribution in [-0.4, -0.2) is 18.3 Å². The Kier molecular flexibility index (Phi) is 5.23. The van der Waals surface area contributed by atoms with E-state index >= 15 is 0 Å². The standard InChI is InChI=1S/C25H29GeN/c1-26(2,3)24-17-25(27-18-23(24)20-12-7-8-13-20)22-15-9-14-21(16-22)19-10-5-4-6-11-19/h4-6,9-11,14-18,20H,7-8,12-13H2,1-3H3. The minimum absolute atomic E-state index is 0.738. The van der Waals surface area contributed by atoms with Gasteiger partial charge in [-0.3, -0.25) is 0 Å². The molecule has 0 bridgehead atoms. The van der Waals surface area contributed by atoms with Crippen molar-refractivity contribution in [1.29, 1.82) is 0 Å². The Hall–Kier alpha value is -1.87. The van der Waals surface area contributed by atoms with Crippen LogP contribution in [0.3, 0.4) is 0 Å². The number of hydrogen-bond donors (Lipinski definition) is 0. The molecular weight excluding hydrogens is 387 g/mol. The van der Waals surface area contributed by atoms with Gasteiger partial charge in [0, 0.05) is 0 Å². The molecule has 2 heteroatoms. The third-order valence-electron chi connectivity index (χ3n) is 5.80. The summed E-state index contributed by atoms with van der Waals surface area (Å²) in [4.78, 5) is 4.93. The first-order valence-corrected chi connectivity index (χ1v) is 17.5. The molecule has 1 aliphatic rings. The minimum atomic E-state index is -1.97. The quantitative estimate of drug-likeness (QED) is 0.436. The molecule has 1 aliphatic carbocycles. The van der Waals surface area contributed by atoms with Crippen LogP contribution < -0.4 is 4.40 Å². The van der Waals surface area contributed by atoms with Gasteiger partial charge in [0.15, 0.2) is 0 Å². The maximum absolute atomic E-state index is 4.93. The van der Waals surface area contributed by atoms with Gasteiger partial charge in [0.2, 0.25) is 0 Å². The van der Waals surface area contributed by atoms with E-state index in [1.54, 1.807) is 9.96 Å². The Bertz CT molecular complexity index is 919. The second kappa shape index (κ2) is 7.63. The molecule has 3 aromatic rings. The monoisotopic (exact) mass is 417 g/mol. The van der Waals surface area contributed by atoms with Crippen molar-refractivity contribution >= 4 is 17.7 Å². The second-order valence-electron chi connectivity index (χ2n) is 8.84. The Balaban J connectivity index is 1.76. The number of hydrogen-bond acceptors (Lipinski definition) is 1. The zero-order valence-electron chi connectivity index (χ0n) is 16.7. The zero-order valence-corrected chi connectivity index (χ0v) is 18.8. The van der Waals surface area contributed by atoms with E-state index in [-0.39, 0.29) is 0 Å². The fourth-order valence-corrected chi connectivity index (χ4v) is 7.90. The summed E-state index contributed by atoms with van der Waals surface area (Å²) in [5.41, 5.74) is 6.43. The van der Waals surface area contributed by atoms with Crippen LogP contribution in [-0.2, 0) is 0 Å². The molecule has 0 radical (unpaired) electrons. The Morgan fingerprint density at radius 3 is 2.15 bits per heavy atom. The van der Waals surface area contributed by atoms with Crippen LogP contribution in [0.2, 0.25) is 17.3 Å². The molecule has 0 saturated heterocycles. The van der Waals surface area contributed by atoms with E-state index in [1.807, 2.05) is 0 Å². The molecule has 1 heterocycles. The third-order valence-corrected chi connectivity index (χ3v) is 10.1. The molecule has 138 valence electrons. The van der Waals surface area contributed by atoms with E-state index < -0.39 is 13.3 Å². The molecule has 4 rings (SSSR count). The fourth-order valence-electron chi connectivity index (χ4n) is 4.32. The average Bonchev–Trinajstić information content (AvgIpc) is 3.22. The molecule has 1 fully saturated rings. The van der Waals surface area contributed by atoms with E-state index in [9.17, 15) is 0 Å². The predicted molar refractivity (Wildman–Crippen MR) is 119 cm³/mol. The molecule has 2 aromatic carbocycles. The van der Waals surface area contributed by atoms with Gasteiger partial charge in [0.25, 0.3) is 0 Å². The number of rotatable bonds is 4. The van der Waals surface area contributed by atoms with E-state index in [0.717, 1.165) is 11.6 Å². The first-order valence-electron chi connectivity index (χ1n) is 10.2. The van der Waals surface area contributed by atoms with Crippen LogP contribution in [0, 0.1) is 0 Å². The summed E-state index contributed by atoms with van der Waals surface area (Å²) in [6.45, 7) is 0. The molecule has 0 atom stereocenters. The van der Waals surface area contributed by atoms with Crippen molar-refractivity contribution in [3.63, 3.8) is 0 Å². The van der Waals surface area contributed by atoms with E-state index in [0.29, 0.717) is 0 Å². The van der Waals surface area contributed by atoms with Gasteiger partial charge in [-0.2, -0.15) is 0 Å². The van der Waals surface area contributed by atoms with Crippen molar-refractivity contribution in [3.8, 4) is 22.4 Å². The van der Waals surface area contributed by atoms with Crippen molar-refractivity contribution in [2.24, 2.45) is 0 Å². The first-order chi connectivity index (χ1) is 13.0. The Morgan fingerprint density at radius 1 is 0.778 bits per heavy atom. The number of aromatic nitrogens is 1. The van der Waals surface area contributed by atoms with Gasteiger partial charge >= 0.3 is 166 Å². The van der Waals surface area contributed by atoms with Crippen molar-refractivity contribution in [2.75, 3.05) is 0 Å². The fraction of sp³-hybridized carbons (Fsp3) is 0.320. The third kappa shape index (κ3) is 4.03. The molecule has 0 N–H and O–H groups in total. The van der Waals surface area contributed by atoms with Crippen LogP contribution in [0.1, 0.15) is 37.2 Å². The summed E-state index contributed by atoms with van der Waals surface area (Å²) in [7, 11) is 0. The van der Waals surface area contributed by atoms with Crippen molar-refractivity contribution in [1.82, 2.24) is 4.98 Å². The van der Waals surface area contributed by atoms with Gasteiger partial charge in [0.1, 0.15) is 0 Å². The zero-order chi connectivity index (χ0) is 18.9. The molecule has 1 aromatic heterocycles. The van der Waals surface area contributed by atoms with Gasteiger partial charge in [-0.25, -0.2) is 0 Å². The van der Waals surface area contributed by atoms with E-state index in [2.05, 4.69) is 84.1 Å². The molecule has 0 spiro atoms. The van der Waals surface area contributed by atoms with Gasteiger partial charge < -0.3 is 0 Å². The predicted octanol–water partition coefficient (Wildman–Crippen LogP) is 6.62. The SMILES string of the molecule is [CH3][Ge]([CH3])([CH3])[c]1cc(-c2cccc(-c3ccccc3)c2)ncc1C1CCCC1. The van der Waals surface area contributed by atoms with Gasteiger partial charge in [0.05, 0.1) is 0 Å². The maximum atomic E-state index is 4.93. The molecule has 1 nitrogen and oxygen atoms in total. The summed E-state index contributed by atoms with van der Waals surface area (Å²) in [5.74, 6) is 8.27. The Labute approximate surface area is 166 Å². The van der Waals surface area contributed by atoms with Crippen molar-refractivity contribution in [2.45, 2.75) is 48.9 Å². The van der Waals surface area contributed by atoms with Crippen molar-refractivity contribution < 1.29 is 0 Å². The normalized spacial score (nSPS) is 15.2. The average molecular weight is 416 g/mol. The van der Waals surface area contributed by atoms with Gasteiger partial charge in [-0.15, -0.1) is 0 Å². The van der Waals surface area contributed by atoms with Crippen LogP contribution >= 0.6 is 0 Å². The number of benzene rings is 2. The molecule has 0 unspecified atom stereocenters. The number of nitrogens with zero attached hydrogens (tertiary/aromatic N) is 1. The van der Waals surface area contributed by atoms with Crippen molar-refractivity contribution in [3.05, 3.63) is 72.4 Å². The van der Waals surface area contributed by atoms with Gasteiger partial charge in [-0.1, -0.05) is 0 Å². The summed E-state index contributed by atoms with van der Waals surface area (Å²) in [5, 5.41) is 0. The summed E-state index contributed by atoms with van der Waals surface area (Å²) in [6, 6.07) is 21.9. The molecule has 1 saturated carbocycles. The van der Waals surface area contributed by atoms with E-state index in [4.69, 9.17) is 4.98 Å². The Morgan fingerprint density at radius 2 is 1.44 bits per heavy atom. The number of pyridine rings is 1. The molecule has 27 heavy (non-hydrogen) atoms. The van der Waals surface area contributed by atoms with Crippen LogP contribution in [0.15, 0.2) is 66.9 Å². The molecule has 0 amide bonds. The van der Waals surface area contributed by atoms with Crippen LogP contribution in [0.5, 0.6) is 0 Å². The summed E-state index contributed by atoms with van der Waals surface area (Å²) in [6.07, 6.45) is 7.66. The first kappa shape index (κ1) is 18.5. The molecule has 0 aliphatic heterocycles. The summed E-state index contributed by atoms with van der Waals surface area (Å²) >= 11 is -1.97. The topological polar surface area (TPSA) is 12.9 Å².